The van der Waals surface area contributed by atoms with Crippen LogP contribution in [0.25, 0.3) is 0 Å². The Morgan fingerprint density at radius 2 is 2.31 bits per heavy atom. The quantitative estimate of drug-likeness (QED) is 0.801. The first-order valence-electron chi connectivity index (χ1n) is 5.63. The summed E-state index contributed by atoms with van der Waals surface area (Å²) in [6.45, 7) is 1.92. The van der Waals surface area contributed by atoms with Crippen molar-refractivity contribution in [1.82, 2.24) is 10.3 Å². The molecular weight excluding hydrogens is 202 g/mol. The number of hydrogen-bond acceptors (Lipinski definition) is 3. The largest absolute Gasteiger partial charge is 0.346 e. The van der Waals surface area contributed by atoms with E-state index < -0.39 is 5.54 Å². The highest BCUT2D eigenvalue weighted by atomic mass is 16.2. The molecule has 4 heteroatoms. The highest BCUT2D eigenvalue weighted by molar-refractivity contribution is 5.87. The molecule has 0 bridgehead atoms. The first-order valence-corrected chi connectivity index (χ1v) is 5.63. The summed E-state index contributed by atoms with van der Waals surface area (Å²) in [5, 5.41) is 2.91. The number of nitrogens with one attached hydrogen (secondary N) is 1. The van der Waals surface area contributed by atoms with Gasteiger partial charge in [0.2, 0.25) is 5.91 Å². The summed E-state index contributed by atoms with van der Waals surface area (Å²) < 4.78 is 0. The molecule has 1 heterocycles. The van der Waals surface area contributed by atoms with Crippen LogP contribution in [0.3, 0.4) is 0 Å². The predicted molar refractivity (Wildman–Crippen MR) is 61.6 cm³/mol. The fraction of sp³-hybridized carbons (Fsp3) is 0.500. The van der Waals surface area contributed by atoms with Crippen molar-refractivity contribution in [2.24, 2.45) is 5.73 Å². The van der Waals surface area contributed by atoms with E-state index in [2.05, 4.69) is 10.3 Å². The van der Waals surface area contributed by atoms with Crippen LogP contribution >= 0.6 is 0 Å². The van der Waals surface area contributed by atoms with Crippen molar-refractivity contribution in [2.75, 3.05) is 0 Å². The minimum absolute atomic E-state index is 0.0584. The van der Waals surface area contributed by atoms with Crippen LogP contribution in [0.1, 0.15) is 37.9 Å². The highest BCUT2D eigenvalue weighted by Crippen LogP contribution is 2.29. The monoisotopic (exact) mass is 219 g/mol. The van der Waals surface area contributed by atoms with Gasteiger partial charge in [-0.2, -0.15) is 0 Å². The smallest absolute Gasteiger partial charge is 0.240 e. The number of amides is 1. The Balaban J connectivity index is 1.97. The summed E-state index contributed by atoms with van der Waals surface area (Å²) in [5.74, 6) is -0.0584. The maximum Gasteiger partial charge on any atom is 0.240 e. The van der Waals surface area contributed by atoms with E-state index in [0.717, 1.165) is 25.0 Å². The maximum absolute atomic E-state index is 11.9. The standard InChI is InChI=1S/C12H17N3O/c1-9(10-5-2-3-8-14-10)15-11(16)12(13)6-4-7-12/h2-3,5,8-9H,4,6-7,13H2,1H3,(H,15,16)/t9-/m1/s1. The molecule has 1 aromatic heterocycles. The average Bonchev–Trinajstić information content (AvgIpc) is 2.27. The van der Waals surface area contributed by atoms with Crippen LogP contribution in [0.15, 0.2) is 24.4 Å². The molecule has 2 rings (SSSR count). The minimum Gasteiger partial charge on any atom is -0.346 e. The molecule has 0 saturated heterocycles. The zero-order valence-corrected chi connectivity index (χ0v) is 9.44. The summed E-state index contributed by atoms with van der Waals surface area (Å²) >= 11 is 0. The Morgan fingerprint density at radius 3 is 2.81 bits per heavy atom. The van der Waals surface area contributed by atoms with Crippen molar-refractivity contribution in [3.63, 3.8) is 0 Å². The van der Waals surface area contributed by atoms with E-state index in [1.807, 2.05) is 25.1 Å². The fourth-order valence-electron chi connectivity index (χ4n) is 1.83. The van der Waals surface area contributed by atoms with Gasteiger partial charge >= 0.3 is 0 Å². The molecule has 0 aromatic carbocycles. The van der Waals surface area contributed by atoms with Crippen molar-refractivity contribution in [3.05, 3.63) is 30.1 Å². The van der Waals surface area contributed by atoms with Gasteiger partial charge in [-0.1, -0.05) is 6.07 Å². The molecule has 1 aliphatic carbocycles. The molecule has 0 spiro atoms. The van der Waals surface area contributed by atoms with Gasteiger partial charge in [0.25, 0.3) is 0 Å². The maximum atomic E-state index is 11.9. The summed E-state index contributed by atoms with van der Waals surface area (Å²) in [6.07, 6.45) is 4.34. The van der Waals surface area contributed by atoms with Gasteiger partial charge < -0.3 is 11.1 Å². The lowest BCUT2D eigenvalue weighted by molar-refractivity contribution is -0.129. The van der Waals surface area contributed by atoms with E-state index in [1.54, 1.807) is 6.20 Å². The molecule has 1 atom stereocenters. The summed E-state index contributed by atoms with van der Waals surface area (Å²) in [5.41, 5.74) is 6.16. The van der Waals surface area contributed by atoms with E-state index in [9.17, 15) is 4.79 Å². The molecule has 1 aromatic rings. The number of nitrogens with zero attached hydrogens (tertiary/aromatic N) is 1. The molecule has 86 valence electrons. The van der Waals surface area contributed by atoms with E-state index in [-0.39, 0.29) is 11.9 Å². The zero-order chi connectivity index (χ0) is 11.6. The number of rotatable bonds is 3. The predicted octanol–water partition coefficient (Wildman–Crippen LogP) is 1.14. The van der Waals surface area contributed by atoms with Gasteiger partial charge in [0.05, 0.1) is 17.3 Å². The summed E-state index contributed by atoms with van der Waals surface area (Å²) in [6, 6.07) is 5.57. The lowest BCUT2D eigenvalue weighted by Gasteiger charge is -2.37. The normalized spacial score (nSPS) is 19.6. The van der Waals surface area contributed by atoms with E-state index in [4.69, 9.17) is 5.73 Å². The third-order valence-corrected chi connectivity index (χ3v) is 3.18. The molecule has 4 nitrogen and oxygen atoms in total. The third-order valence-electron chi connectivity index (χ3n) is 3.18. The van der Waals surface area contributed by atoms with Crippen molar-refractivity contribution in [3.8, 4) is 0 Å². The third kappa shape index (κ3) is 2.07. The van der Waals surface area contributed by atoms with E-state index in [1.165, 1.54) is 0 Å². The Kier molecular flexibility index (Phi) is 2.92. The highest BCUT2D eigenvalue weighted by Gasteiger charge is 2.40. The second kappa shape index (κ2) is 4.22. The molecule has 1 saturated carbocycles. The van der Waals surface area contributed by atoms with Gasteiger partial charge in [-0.3, -0.25) is 9.78 Å². The van der Waals surface area contributed by atoms with Gasteiger partial charge in [0.1, 0.15) is 0 Å². The van der Waals surface area contributed by atoms with Crippen molar-refractivity contribution in [2.45, 2.75) is 37.8 Å². The molecule has 0 aliphatic heterocycles. The number of nitrogens with two attached hydrogens (primary N) is 1. The van der Waals surface area contributed by atoms with Gasteiger partial charge in [-0.15, -0.1) is 0 Å². The fourth-order valence-corrected chi connectivity index (χ4v) is 1.83. The average molecular weight is 219 g/mol. The van der Waals surface area contributed by atoms with Gasteiger partial charge in [-0.05, 0) is 38.3 Å². The van der Waals surface area contributed by atoms with E-state index >= 15 is 0 Å². The van der Waals surface area contributed by atoms with Crippen molar-refractivity contribution < 1.29 is 4.79 Å². The molecule has 0 unspecified atom stereocenters. The van der Waals surface area contributed by atoms with Crippen LogP contribution in [0.2, 0.25) is 0 Å². The number of carbonyl (C=O) groups excluding carboxylic acids is 1. The molecule has 3 N–H and O–H groups in total. The lowest BCUT2D eigenvalue weighted by atomic mass is 9.77. The summed E-state index contributed by atoms with van der Waals surface area (Å²) in [4.78, 5) is 16.1. The molecule has 16 heavy (non-hydrogen) atoms. The van der Waals surface area contributed by atoms with Crippen LogP contribution in [0, 0.1) is 0 Å². The van der Waals surface area contributed by atoms with Crippen LogP contribution in [-0.2, 0) is 4.79 Å². The Bertz CT molecular complexity index is 373. The van der Waals surface area contributed by atoms with Crippen LogP contribution in [-0.4, -0.2) is 16.4 Å². The Hall–Kier alpha value is -1.42. The molecular formula is C12H17N3O. The topological polar surface area (TPSA) is 68.0 Å². The minimum atomic E-state index is -0.636. The van der Waals surface area contributed by atoms with Gasteiger partial charge in [0, 0.05) is 6.20 Å². The summed E-state index contributed by atoms with van der Waals surface area (Å²) in [7, 11) is 0. The molecule has 1 amide bonds. The molecule has 1 fully saturated rings. The number of pyridine rings is 1. The second-order valence-electron chi connectivity index (χ2n) is 4.46. The Labute approximate surface area is 95.3 Å². The molecule has 1 aliphatic rings. The lowest BCUT2D eigenvalue weighted by Crippen LogP contribution is -2.58. The van der Waals surface area contributed by atoms with Crippen molar-refractivity contribution >= 4 is 5.91 Å². The van der Waals surface area contributed by atoms with Crippen LogP contribution in [0.4, 0.5) is 0 Å². The Morgan fingerprint density at radius 1 is 1.56 bits per heavy atom. The van der Waals surface area contributed by atoms with E-state index in [0.29, 0.717) is 0 Å². The molecule has 0 radical (unpaired) electrons. The zero-order valence-electron chi connectivity index (χ0n) is 9.44. The SMILES string of the molecule is C[C@@H](NC(=O)C1(N)CCC1)c1ccccn1. The first kappa shape index (κ1) is 11.1. The number of carbonyl (C=O) groups is 1. The van der Waals surface area contributed by atoms with Crippen LogP contribution in [0.5, 0.6) is 0 Å². The van der Waals surface area contributed by atoms with Crippen LogP contribution < -0.4 is 11.1 Å². The second-order valence-corrected chi connectivity index (χ2v) is 4.46. The number of aromatic nitrogens is 1. The van der Waals surface area contributed by atoms with Gasteiger partial charge in [0.15, 0.2) is 0 Å². The van der Waals surface area contributed by atoms with Gasteiger partial charge in [-0.25, -0.2) is 0 Å². The van der Waals surface area contributed by atoms with Crippen molar-refractivity contribution in [1.29, 1.82) is 0 Å². The number of hydrogen-bond donors (Lipinski definition) is 2. The first-order chi connectivity index (χ1) is 7.62.